The van der Waals surface area contributed by atoms with E-state index in [-0.39, 0.29) is 11.3 Å². The lowest BCUT2D eigenvalue weighted by atomic mass is 10.1. The number of carbonyl (C=O) groups excluding carboxylic acids is 1. The number of hydrogen-bond acceptors (Lipinski definition) is 2. The smallest absolute Gasteiger partial charge is 0.275 e. The van der Waals surface area contributed by atoms with E-state index < -0.39 is 5.56 Å². The van der Waals surface area contributed by atoms with Gasteiger partial charge in [0.25, 0.3) is 5.56 Å². The van der Waals surface area contributed by atoms with E-state index in [4.69, 9.17) is 11.6 Å². The number of aromatic nitrogens is 2. The Labute approximate surface area is 96.5 Å². The van der Waals surface area contributed by atoms with Crippen LogP contribution >= 0.6 is 11.6 Å². The van der Waals surface area contributed by atoms with Crippen LogP contribution in [0.25, 0.3) is 0 Å². The molecule has 0 aliphatic heterocycles. The minimum absolute atomic E-state index is 0.0931. The van der Waals surface area contributed by atoms with Crippen molar-refractivity contribution in [3.8, 4) is 0 Å². The molecule has 0 bridgehead atoms. The van der Waals surface area contributed by atoms with Crippen molar-refractivity contribution in [2.24, 2.45) is 7.05 Å². The highest BCUT2D eigenvalue weighted by Crippen LogP contribution is 2.17. The van der Waals surface area contributed by atoms with Crippen LogP contribution in [-0.2, 0) is 7.05 Å². The summed E-state index contributed by atoms with van der Waals surface area (Å²) in [5, 5.41) is 2.82. The first kappa shape index (κ1) is 10.7. The van der Waals surface area contributed by atoms with Crippen LogP contribution < -0.4 is 5.56 Å². The second-order valence-electron chi connectivity index (χ2n) is 3.40. The SMILES string of the molecule is Cn1cc(C(=O)c2ccccc2Cl)c(=O)[nH]1. The molecule has 5 heteroatoms. The summed E-state index contributed by atoms with van der Waals surface area (Å²) >= 11 is 5.89. The standard InChI is InChI=1S/C11H9ClN2O2/c1-14-6-8(11(16)13-14)10(15)7-4-2-3-5-9(7)12/h2-6H,1H3,(H,13,16). The highest BCUT2D eigenvalue weighted by molar-refractivity contribution is 6.34. The van der Waals surface area contributed by atoms with Crippen molar-refractivity contribution in [3.05, 3.63) is 57.0 Å². The van der Waals surface area contributed by atoms with Gasteiger partial charge in [0.1, 0.15) is 5.56 Å². The Morgan fingerprint density at radius 2 is 2.00 bits per heavy atom. The number of halogens is 1. The van der Waals surface area contributed by atoms with Gasteiger partial charge in [-0.1, -0.05) is 23.7 Å². The maximum atomic E-state index is 12.0. The van der Waals surface area contributed by atoms with Crippen molar-refractivity contribution in [3.63, 3.8) is 0 Å². The van der Waals surface area contributed by atoms with Gasteiger partial charge >= 0.3 is 0 Å². The Balaban J connectivity index is 2.52. The van der Waals surface area contributed by atoms with Crippen LogP contribution in [-0.4, -0.2) is 15.6 Å². The van der Waals surface area contributed by atoms with Crippen LogP contribution in [0.3, 0.4) is 0 Å². The highest BCUT2D eigenvalue weighted by Gasteiger charge is 2.16. The fraction of sp³-hybridized carbons (Fsp3) is 0.0909. The molecule has 0 amide bonds. The minimum Gasteiger partial charge on any atom is -0.295 e. The molecular weight excluding hydrogens is 228 g/mol. The molecule has 0 fully saturated rings. The summed E-state index contributed by atoms with van der Waals surface area (Å²) in [6.07, 6.45) is 1.45. The summed E-state index contributed by atoms with van der Waals surface area (Å²) in [6, 6.07) is 6.65. The summed E-state index contributed by atoms with van der Waals surface area (Å²) in [7, 11) is 1.64. The van der Waals surface area contributed by atoms with Gasteiger partial charge in [-0.05, 0) is 12.1 Å². The summed E-state index contributed by atoms with van der Waals surface area (Å²) in [4.78, 5) is 23.4. The zero-order valence-corrected chi connectivity index (χ0v) is 9.28. The molecule has 1 N–H and O–H groups in total. The van der Waals surface area contributed by atoms with Gasteiger partial charge in [0, 0.05) is 18.8 Å². The van der Waals surface area contributed by atoms with Crippen LogP contribution in [0.4, 0.5) is 0 Å². The zero-order valence-electron chi connectivity index (χ0n) is 8.53. The molecule has 0 spiro atoms. The van der Waals surface area contributed by atoms with E-state index in [9.17, 15) is 9.59 Å². The average Bonchev–Trinajstić information content (AvgIpc) is 2.58. The normalized spacial score (nSPS) is 10.4. The second-order valence-corrected chi connectivity index (χ2v) is 3.81. The van der Waals surface area contributed by atoms with Gasteiger partial charge in [-0.2, -0.15) is 0 Å². The Kier molecular flexibility index (Phi) is 2.66. The Morgan fingerprint density at radius 3 is 2.56 bits per heavy atom. The molecule has 0 saturated carbocycles. The molecule has 4 nitrogen and oxygen atoms in total. The number of carbonyl (C=O) groups is 1. The van der Waals surface area contributed by atoms with Gasteiger partial charge in [-0.25, -0.2) is 0 Å². The van der Waals surface area contributed by atoms with E-state index in [1.165, 1.54) is 10.9 Å². The molecule has 82 valence electrons. The molecule has 0 atom stereocenters. The van der Waals surface area contributed by atoms with Crippen LogP contribution in [0.2, 0.25) is 5.02 Å². The molecular formula is C11H9ClN2O2. The Morgan fingerprint density at radius 1 is 1.31 bits per heavy atom. The first-order valence-corrected chi connectivity index (χ1v) is 5.02. The molecule has 0 saturated heterocycles. The molecule has 2 rings (SSSR count). The van der Waals surface area contributed by atoms with Crippen molar-refractivity contribution >= 4 is 17.4 Å². The Hall–Kier alpha value is -1.81. The van der Waals surface area contributed by atoms with Gasteiger partial charge in [-0.3, -0.25) is 19.4 Å². The van der Waals surface area contributed by atoms with Crippen LogP contribution in [0, 0.1) is 0 Å². The summed E-state index contributed by atoms with van der Waals surface area (Å²) < 4.78 is 1.44. The van der Waals surface area contributed by atoms with Crippen LogP contribution in [0.5, 0.6) is 0 Å². The van der Waals surface area contributed by atoms with E-state index in [1.807, 2.05) is 0 Å². The lowest BCUT2D eigenvalue weighted by Crippen LogP contribution is -2.13. The van der Waals surface area contributed by atoms with Gasteiger partial charge in [0.2, 0.25) is 5.78 Å². The largest absolute Gasteiger partial charge is 0.295 e. The number of nitrogens with zero attached hydrogens (tertiary/aromatic N) is 1. The van der Waals surface area contributed by atoms with E-state index in [1.54, 1.807) is 31.3 Å². The lowest BCUT2D eigenvalue weighted by Gasteiger charge is -1.99. The second kappa shape index (κ2) is 3.98. The molecule has 0 radical (unpaired) electrons. The van der Waals surface area contributed by atoms with Gasteiger partial charge < -0.3 is 0 Å². The number of benzene rings is 1. The van der Waals surface area contributed by atoms with Crippen LogP contribution in [0.1, 0.15) is 15.9 Å². The predicted octanol–water partition coefficient (Wildman–Crippen LogP) is 1.60. The number of nitrogens with one attached hydrogen (secondary N) is 1. The summed E-state index contributed by atoms with van der Waals surface area (Å²) in [5.41, 5.74) is 0.0175. The van der Waals surface area contributed by atoms with Crippen molar-refractivity contribution in [1.82, 2.24) is 9.78 Å². The molecule has 1 aromatic carbocycles. The van der Waals surface area contributed by atoms with Crippen molar-refractivity contribution < 1.29 is 4.79 Å². The fourth-order valence-electron chi connectivity index (χ4n) is 1.46. The first-order valence-electron chi connectivity index (χ1n) is 4.64. The highest BCUT2D eigenvalue weighted by atomic mass is 35.5. The maximum absolute atomic E-state index is 12.0. The van der Waals surface area contributed by atoms with Crippen molar-refractivity contribution in [2.45, 2.75) is 0 Å². The Bertz CT molecular complexity index is 598. The van der Waals surface area contributed by atoms with Crippen molar-refractivity contribution in [1.29, 1.82) is 0 Å². The molecule has 2 aromatic rings. The average molecular weight is 237 g/mol. The van der Waals surface area contributed by atoms with Crippen molar-refractivity contribution in [2.75, 3.05) is 0 Å². The summed E-state index contributed by atoms with van der Waals surface area (Å²) in [5.74, 6) is -0.368. The quantitative estimate of drug-likeness (QED) is 0.806. The number of ketones is 1. The molecule has 0 aliphatic rings. The zero-order chi connectivity index (χ0) is 11.7. The number of aryl methyl sites for hydroxylation is 1. The van der Waals surface area contributed by atoms with E-state index in [2.05, 4.69) is 5.10 Å². The number of rotatable bonds is 2. The first-order chi connectivity index (χ1) is 7.59. The van der Waals surface area contributed by atoms with E-state index in [0.717, 1.165) is 0 Å². The third-order valence-corrected chi connectivity index (χ3v) is 2.54. The molecule has 16 heavy (non-hydrogen) atoms. The maximum Gasteiger partial charge on any atom is 0.275 e. The van der Waals surface area contributed by atoms with E-state index in [0.29, 0.717) is 10.6 Å². The third kappa shape index (κ3) is 1.79. The monoisotopic (exact) mass is 236 g/mol. The predicted molar refractivity (Wildman–Crippen MR) is 60.9 cm³/mol. The topological polar surface area (TPSA) is 54.9 Å². The third-order valence-electron chi connectivity index (χ3n) is 2.21. The molecule has 1 aromatic heterocycles. The number of aromatic amines is 1. The molecule has 0 aliphatic carbocycles. The van der Waals surface area contributed by atoms with E-state index >= 15 is 0 Å². The van der Waals surface area contributed by atoms with Crippen LogP contribution in [0.15, 0.2) is 35.3 Å². The number of hydrogen-bond donors (Lipinski definition) is 1. The molecule has 1 heterocycles. The lowest BCUT2D eigenvalue weighted by molar-refractivity contribution is 0.103. The molecule has 0 unspecified atom stereocenters. The summed E-state index contributed by atoms with van der Waals surface area (Å²) in [6.45, 7) is 0. The number of H-pyrrole nitrogens is 1. The fourth-order valence-corrected chi connectivity index (χ4v) is 1.68. The van der Waals surface area contributed by atoms with Gasteiger partial charge in [0.05, 0.1) is 5.02 Å². The minimum atomic E-state index is -0.410. The van der Waals surface area contributed by atoms with Gasteiger partial charge in [0.15, 0.2) is 0 Å². The van der Waals surface area contributed by atoms with Gasteiger partial charge in [-0.15, -0.1) is 0 Å².